The first-order valence-corrected chi connectivity index (χ1v) is 12.2. The first-order valence-electron chi connectivity index (χ1n) is 10.4. The predicted octanol–water partition coefficient (Wildman–Crippen LogP) is 5.22. The lowest BCUT2D eigenvalue weighted by Gasteiger charge is -2.44. The fourth-order valence-corrected chi connectivity index (χ4v) is 6.15. The SMILES string of the molecule is CCc1ccccc1NC(=O)N1CCC2(CC1)SCCN2C(=O)c1cccc(Br)c1. The molecule has 0 radical (unpaired) electrons. The average Bonchev–Trinajstić information content (AvgIpc) is 3.16. The van der Waals surface area contributed by atoms with E-state index < -0.39 is 0 Å². The highest BCUT2D eigenvalue weighted by atomic mass is 79.9. The number of benzene rings is 2. The molecule has 0 atom stereocenters. The molecular formula is C23H26BrN3O2S. The molecule has 0 saturated carbocycles. The summed E-state index contributed by atoms with van der Waals surface area (Å²) < 4.78 is 0.910. The van der Waals surface area contributed by atoms with E-state index in [1.807, 2.05) is 70.1 Å². The van der Waals surface area contributed by atoms with Crippen LogP contribution in [0.5, 0.6) is 0 Å². The van der Waals surface area contributed by atoms with E-state index in [0.29, 0.717) is 18.7 Å². The van der Waals surface area contributed by atoms with E-state index in [9.17, 15) is 9.59 Å². The molecular weight excluding hydrogens is 462 g/mol. The number of nitrogens with zero attached hydrogens (tertiary/aromatic N) is 2. The minimum atomic E-state index is -0.211. The highest BCUT2D eigenvalue weighted by Gasteiger charge is 2.47. The Balaban J connectivity index is 1.42. The molecule has 2 aromatic carbocycles. The van der Waals surface area contributed by atoms with Gasteiger partial charge in [0.25, 0.3) is 5.91 Å². The van der Waals surface area contributed by atoms with Crippen molar-refractivity contribution in [1.82, 2.24) is 9.80 Å². The van der Waals surface area contributed by atoms with Gasteiger partial charge in [-0.2, -0.15) is 0 Å². The van der Waals surface area contributed by atoms with Gasteiger partial charge in [-0.15, -0.1) is 11.8 Å². The van der Waals surface area contributed by atoms with Gasteiger partial charge in [0.05, 0.1) is 4.87 Å². The number of urea groups is 1. The second-order valence-corrected chi connectivity index (χ2v) is 10.1. The third-order valence-electron chi connectivity index (χ3n) is 5.97. The summed E-state index contributed by atoms with van der Waals surface area (Å²) in [7, 11) is 0. The van der Waals surface area contributed by atoms with Crippen molar-refractivity contribution in [2.75, 3.05) is 30.7 Å². The summed E-state index contributed by atoms with van der Waals surface area (Å²) in [4.78, 5) is 29.7. The van der Waals surface area contributed by atoms with Gasteiger partial charge < -0.3 is 15.1 Å². The zero-order chi connectivity index (χ0) is 21.1. The smallest absolute Gasteiger partial charge is 0.321 e. The summed E-state index contributed by atoms with van der Waals surface area (Å²) in [5.41, 5.74) is 2.73. The van der Waals surface area contributed by atoms with Crippen molar-refractivity contribution in [3.63, 3.8) is 0 Å². The van der Waals surface area contributed by atoms with Gasteiger partial charge in [-0.25, -0.2) is 4.79 Å². The Labute approximate surface area is 190 Å². The second kappa shape index (κ2) is 9.02. The molecule has 30 heavy (non-hydrogen) atoms. The number of carbonyl (C=O) groups excluding carboxylic acids is 2. The quantitative estimate of drug-likeness (QED) is 0.644. The molecule has 4 rings (SSSR count). The van der Waals surface area contributed by atoms with Crippen LogP contribution in [0.4, 0.5) is 10.5 Å². The third kappa shape index (κ3) is 4.23. The Morgan fingerprint density at radius 3 is 2.60 bits per heavy atom. The molecule has 2 aromatic rings. The molecule has 158 valence electrons. The van der Waals surface area contributed by atoms with Gasteiger partial charge in [-0.1, -0.05) is 47.1 Å². The highest BCUT2D eigenvalue weighted by Crippen LogP contribution is 2.44. The molecule has 2 aliphatic rings. The lowest BCUT2D eigenvalue weighted by atomic mass is 10.0. The summed E-state index contributed by atoms with van der Waals surface area (Å²) in [6.07, 6.45) is 2.46. The molecule has 0 unspecified atom stereocenters. The zero-order valence-electron chi connectivity index (χ0n) is 17.1. The fourth-order valence-electron chi connectivity index (χ4n) is 4.29. The van der Waals surface area contributed by atoms with Crippen molar-refractivity contribution >= 4 is 45.3 Å². The van der Waals surface area contributed by atoms with Crippen LogP contribution in [-0.2, 0) is 6.42 Å². The van der Waals surface area contributed by atoms with E-state index >= 15 is 0 Å². The minimum Gasteiger partial charge on any atom is -0.324 e. The largest absolute Gasteiger partial charge is 0.324 e. The van der Waals surface area contributed by atoms with Crippen molar-refractivity contribution in [2.45, 2.75) is 31.1 Å². The molecule has 3 amide bonds. The Morgan fingerprint density at radius 1 is 1.10 bits per heavy atom. The van der Waals surface area contributed by atoms with Gasteiger partial charge >= 0.3 is 6.03 Å². The molecule has 0 aliphatic carbocycles. The third-order valence-corrected chi connectivity index (χ3v) is 8.01. The number of para-hydroxylation sites is 1. The standard InChI is InChI=1S/C23H26BrN3O2S/c1-2-17-6-3-4-9-20(17)25-22(29)26-12-10-23(11-13-26)27(14-15-30-23)21(28)18-7-5-8-19(24)16-18/h3-9,16H,2,10-15H2,1H3,(H,25,29). The number of rotatable bonds is 3. The molecule has 1 N–H and O–H groups in total. The highest BCUT2D eigenvalue weighted by molar-refractivity contribution is 9.10. The Bertz CT molecular complexity index is 944. The number of amides is 3. The molecule has 7 heteroatoms. The molecule has 0 aromatic heterocycles. The maximum atomic E-state index is 13.2. The van der Waals surface area contributed by atoms with E-state index in [1.165, 1.54) is 0 Å². The lowest BCUT2D eigenvalue weighted by Crippen LogP contribution is -2.54. The van der Waals surface area contributed by atoms with Crippen LogP contribution in [0.15, 0.2) is 53.0 Å². The van der Waals surface area contributed by atoms with Gasteiger partial charge in [-0.05, 0) is 49.1 Å². The van der Waals surface area contributed by atoms with E-state index in [2.05, 4.69) is 28.2 Å². The van der Waals surface area contributed by atoms with Crippen LogP contribution in [0.1, 0.15) is 35.7 Å². The summed E-state index contributed by atoms with van der Waals surface area (Å²) >= 11 is 5.32. The van der Waals surface area contributed by atoms with Crippen LogP contribution >= 0.6 is 27.7 Å². The number of hydrogen-bond donors (Lipinski definition) is 1. The van der Waals surface area contributed by atoms with Crippen molar-refractivity contribution in [3.05, 3.63) is 64.1 Å². The van der Waals surface area contributed by atoms with Crippen LogP contribution in [0.3, 0.4) is 0 Å². The number of likely N-dealkylation sites (tertiary alicyclic amines) is 1. The fraction of sp³-hybridized carbons (Fsp3) is 0.391. The number of hydrogen-bond acceptors (Lipinski definition) is 3. The summed E-state index contributed by atoms with van der Waals surface area (Å²) in [5.74, 6) is 1.02. The number of aryl methyl sites for hydroxylation is 1. The number of halogens is 1. The first-order chi connectivity index (χ1) is 14.5. The maximum Gasteiger partial charge on any atom is 0.321 e. The van der Waals surface area contributed by atoms with Crippen LogP contribution in [0, 0.1) is 0 Å². The maximum absolute atomic E-state index is 13.2. The molecule has 5 nitrogen and oxygen atoms in total. The number of anilines is 1. The van der Waals surface area contributed by atoms with Gasteiger partial charge in [0.15, 0.2) is 0 Å². The molecule has 2 aliphatic heterocycles. The van der Waals surface area contributed by atoms with E-state index in [0.717, 1.165) is 47.3 Å². The van der Waals surface area contributed by atoms with Crippen LogP contribution < -0.4 is 5.32 Å². The topological polar surface area (TPSA) is 52.7 Å². The zero-order valence-corrected chi connectivity index (χ0v) is 19.5. The van der Waals surface area contributed by atoms with Crippen molar-refractivity contribution in [2.24, 2.45) is 0 Å². The number of thioether (sulfide) groups is 1. The number of nitrogens with one attached hydrogen (secondary N) is 1. The second-order valence-electron chi connectivity index (χ2n) is 7.69. The molecule has 2 fully saturated rings. The van der Waals surface area contributed by atoms with Crippen LogP contribution in [0.2, 0.25) is 0 Å². The van der Waals surface area contributed by atoms with Crippen molar-refractivity contribution in [1.29, 1.82) is 0 Å². The molecule has 0 bridgehead atoms. The Kier molecular flexibility index (Phi) is 6.39. The van der Waals surface area contributed by atoms with E-state index in [1.54, 1.807) is 0 Å². The predicted molar refractivity (Wildman–Crippen MR) is 126 cm³/mol. The average molecular weight is 488 g/mol. The first kappa shape index (κ1) is 21.2. The monoisotopic (exact) mass is 487 g/mol. The van der Waals surface area contributed by atoms with Gasteiger partial charge in [-0.3, -0.25) is 4.79 Å². The van der Waals surface area contributed by atoms with Crippen LogP contribution in [0.25, 0.3) is 0 Å². The Morgan fingerprint density at radius 2 is 1.87 bits per heavy atom. The summed E-state index contributed by atoms with van der Waals surface area (Å²) in [6.45, 7) is 4.14. The minimum absolute atomic E-state index is 0.0568. The van der Waals surface area contributed by atoms with Crippen molar-refractivity contribution in [3.8, 4) is 0 Å². The van der Waals surface area contributed by atoms with Crippen molar-refractivity contribution < 1.29 is 9.59 Å². The Hall–Kier alpha value is -1.99. The summed E-state index contributed by atoms with van der Waals surface area (Å²) in [6, 6.07) is 15.5. The normalized spacial score (nSPS) is 17.9. The molecule has 1 spiro atoms. The molecule has 2 saturated heterocycles. The van der Waals surface area contributed by atoms with Gasteiger partial charge in [0.2, 0.25) is 0 Å². The van der Waals surface area contributed by atoms with E-state index in [-0.39, 0.29) is 16.8 Å². The van der Waals surface area contributed by atoms with Gasteiger partial charge in [0, 0.05) is 41.1 Å². The number of carbonyl (C=O) groups is 2. The molecule has 2 heterocycles. The number of piperidine rings is 1. The lowest BCUT2D eigenvalue weighted by molar-refractivity contribution is 0.0585. The van der Waals surface area contributed by atoms with E-state index in [4.69, 9.17) is 0 Å². The van der Waals surface area contributed by atoms with Gasteiger partial charge in [0.1, 0.15) is 0 Å². The summed E-state index contributed by atoms with van der Waals surface area (Å²) in [5, 5.41) is 3.07. The van der Waals surface area contributed by atoms with Crippen LogP contribution in [-0.4, -0.2) is 52.0 Å².